The molecule has 124 valence electrons. The number of carbonyl (C=O) groups is 1. The fourth-order valence-corrected chi connectivity index (χ4v) is 3.48. The van der Waals surface area contributed by atoms with Gasteiger partial charge in [-0.15, -0.1) is 0 Å². The van der Waals surface area contributed by atoms with E-state index >= 15 is 0 Å². The van der Waals surface area contributed by atoms with E-state index < -0.39 is 32.2 Å². The molecular weight excluding hydrogens is 350 g/mol. The van der Waals surface area contributed by atoms with Crippen LogP contribution in [0.15, 0.2) is 6.07 Å². The van der Waals surface area contributed by atoms with Crippen molar-refractivity contribution in [2.24, 2.45) is 0 Å². The van der Waals surface area contributed by atoms with Gasteiger partial charge >= 0.3 is 11.7 Å². The molecule has 1 aliphatic rings. The summed E-state index contributed by atoms with van der Waals surface area (Å²) >= 11 is 7.55. The second-order valence-corrected chi connectivity index (χ2v) is 6.16. The molecule has 0 atom stereocenters. The van der Waals surface area contributed by atoms with Gasteiger partial charge < -0.3 is 9.64 Å². The van der Waals surface area contributed by atoms with Crippen LogP contribution < -0.4 is 4.90 Å². The van der Waals surface area contributed by atoms with Gasteiger partial charge in [0.25, 0.3) is 5.69 Å². The molecule has 0 radical (unpaired) electrons. The number of nitrogens with zero attached hydrogens (tertiary/aromatic N) is 3. The summed E-state index contributed by atoms with van der Waals surface area (Å²) in [5, 5.41) is 21.9. The highest BCUT2D eigenvalue weighted by atomic mass is 35.5. The quantitative estimate of drug-likeness (QED) is 0.456. The van der Waals surface area contributed by atoms with Crippen molar-refractivity contribution in [2.75, 3.05) is 36.6 Å². The lowest BCUT2D eigenvalue weighted by molar-refractivity contribution is -0.393. The summed E-state index contributed by atoms with van der Waals surface area (Å²) in [5.41, 5.74) is -1.61. The number of methoxy groups -OCH3 is 1. The molecule has 2 rings (SSSR count). The number of carbonyl (C=O) groups excluding carboxylic acids is 1. The lowest BCUT2D eigenvalue weighted by atomic mass is 10.1. The molecule has 1 aromatic carbocycles. The number of benzene rings is 1. The summed E-state index contributed by atoms with van der Waals surface area (Å²) in [6, 6.07) is 0.929. The number of esters is 1. The van der Waals surface area contributed by atoms with Crippen molar-refractivity contribution in [3.63, 3.8) is 0 Å². The zero-order valence-corrected chi connectivity index (χ0v) is 13.6. The Morgan fingerprint density at radius 2 is 1.91 bits per heavy atom. The Hall–Kier alpha value is -2.07. The molecule has 0 spiro atoms. The molecule has 0 amide bonds. The normalized spacial score (nSPS) is 14.4. The first-order chi connectivity index (χ1) is 10.9. The molecule has 1 fully saturated rings. The van der Waals surface area contributed by atoms with E-state index in [1.807, 2.05) is 0 Å². The minimum absolute atomic E-state index is 0.0299. The number of nitro groups is 2. The molecule has 0 unspecified atom stereocenters. The zero-order valence-electron chi connectivity index (χ0n) is 12.0. The molecule has 1 heterocycles. The number of hydrogen-bond acceptors (Lipinski definition) is 8. The van der Waals surface area contributed by atoms with Crippen LogP contribution in [0.25, 0.3) is 0 Å². The fraction of sp³-hybridized carbons (Fsp3) is 0.417. The van der Waals surface area contributed by atoms with Crippen LogP contribution >= 0.6 is 23.4 Å². The number of ether oxygens (including phenoxy) is 1. The van der Waals surface area contributed by atoms with E-state index in [1.54, 1.807) is 16.7 Å². The van der Waals surface area contributed by atoms with Crippen LogP contribution in [0.1, 0.15) is 10.4 Å². The summed E-state index contributed by atoms with van der Waals surface area (Å²) < 4.78 is 4.62. The Morgan fingerprint density at radius 3 is 2.39 bits per heavy atom. The van der Waals surface area contributed by atoms with Crippen molar-refractivity contribution in [1.29, 1.82) is 0 Å². The summed E-state index contributed by atoms with van der Waals surface area (Å²) in [6.07, 6.45) is 0. The standard InChI is InChI=1S/C12H12ClN3O6S/c1-22-12(17)7-6-8(15(18)19)9(13)11(16(20)21)10(7)14-2-4-23-5-3-14/h6H,2-5H2,1H3. The number of halogens is 1. The minimum atomic E-state index is -0.888. The van der Waals surface area contributed by atoms with Crippen molar-refractivity contribution in [1.82, 2.24) is 0 Å². The van der Waals surface area contributed by atoms with Crippen LogP contribution in [0, 0.1) is 20.2 Å². The van der Waals surface area contributed by atoms with Crippen molar-refractivity contribution < 1.29 is 19.4 Å². The Kier molecular flexibility index (Phi) is 5.26. The molecule has 11 heteroatoms. The maximum Gasteiger partial charge on any atom is 0.340 e. The average Bonchev–Trinajstić information content (AvgIpc) is 2.53. The average molecular weight is 362 g/mol. The van der Waals surface area contributed by atoms with E-state index in [0.29, 0.717) is 24.6 Å². The molecule has 0 saturated carbocycles. The molecule has 1 aliphatic heterocycles. The summed E-state index contributed by atoms with van der Waals surface area (Å²) in [7, 11) is 1.10. The van der Waals surface area contributed by atoms with Crippen LogP contribution in [-0.2, 0) is 4.74 Å². The van der Waals surface area contributed by atoms with E-state index in [4.69, 9.17) is 11.6 Å². The lowest BCUT2D eigenvalue weighted by Gasteiger charge is -2.29. The molecule has 1 aromatic rings. The van der Waals surface area contributed by atoms with E-state index in [1.165, 1.54) is 0 Å². The first-order valence-electron chi connectivity index (χ1n) is 6.44. The van der Waals surface area contributed by atoms with Crippen LogP contribution in [0.2, 0.25) is 5.02 Å². The largest absolute Gasteiger partial charge is 0.465 e. The van der Waals surface area contributed by atoms with E-state index in [9.17, 15) is 25.0 Å². The monoisotopic (exact) mass is 361 g/mol. The maximum atomic E-state index is 12.0. The summed E-state index contributed by atoms with van der Waals surface area (Å²) in [4.78, 5) is 34.5. The van der Waals surface area contributed by atoms with Gasteiger partial charge in [0.1, 0.15) is 5.69 Å². The number of anilines is 1. The molecule has 0 bridgehead atoms. The second-order valence-electron chi connectivity index (χ2n) is 4.56. The van der Waals surface area contributed by atoms with Gasteiger partial charge in [-0.1, -0.05) is 11.6 Å². The Balaban J connectivity index is 2.78. The predicted octanol–water partition coefficient (Wildman–Crippen LogP) is 2.50. The van der Waals surface area contributed by atoms with E-state index in [2.05, 4.69) is 4.74 Å². The molecule has 23 heavy (non-hydrogen) atoms. The topological polar surface area (TPSA) is 116 Å². The molecular formula is C12H12ClN3O6S. The SMILES string of the molecule is COC(=O)c1cc([N+](=O)[O-])c(Cl)c([N+](=O)[O-])c1N1CCSCC1. The van der Waals surface area contributed by atoms with Gasteiger partial charge in [0.15, 0.2) is 5.02 Å². The van der Waals surface area contributed by atoms with E-state index in [0.717, 1.165) is 13.2 Å². The minimum Gasteiger partial charge on any atom is -0.465 e. The van der Waals surface area contributed by atoms with Crippen LogP contribution in [0.3, 0.4) is 0 Å². The van der Waals surface area contributed by atoms with Crippen molar-refractivity contribution in [3.8, 4) is 0 Å². The third kappa shape index (κ3) is 3.32. The highest BCUT2D eigenvalue weighted by Gasteiger charge is 2.36. The van der Waals surface area contributed by atoms with Gasteiger partial charge in [-0.05, 0) is 0 Å². The highest BCUT2D eigenvalue weighted by Crippen LogP contribution is 2.44. The lowest BCUT2D eigenvalue weighted by Crippen LogP contribution is -2.34. The molecule has 0 aliphatic carbocycles. The molecule has 1 saturated heterocycles. The number of thioether (sulfide) groups is 1. The molecule has 0 N–H and O–H groups in total. The number of rotatable bonds is 4. The maximum absolute atomic E-state index is 12.0. The van der Waals surface area contributed by atoms with Crippen LogP contribution in [-0.4, -0.2) is 47.5 Å². The molecule has 0 aromatic heterocycles. The summed E-state index contributed by atoms with van der Waals surface area (Å²) in [5.74, 6) is 0.541. The third-order valence-corrected chi connectivity index (χ3v) is 4.62. The van der Waals surface area contributed by atoms with Gasteiger partial charge in [-0.2, -0.15) is 11.8 Å². The van der Waals surface area contributed by atoms with Crippen molar-refractivity contribution in [2.45, 2.75) is 0 Å². The number of hydrogen-bond donors (Lipinski definition) is 0. The summed E-state index contributed by atoms with van der Waals surface area (Å²) in [6.45, 7) is 0.924. The smallest absolute Gasteiger partial charge is 0.340 e. The second kappa shape index (κ2) is 7.01. The van der Waals surface area contributed by atoms with Gasteiger partial charge in [0.2, 0.25) is 0 Å². The van der Waals surface area contributed by atoms with Gasteiger partial charge in [0.05, 0.1) is 22.5 Å². The first-order valence-corrected chi connectivity index (χ1v) is 7.98. The van der Waals surface area contributed by atoms with Crippen LogP contribution in [0.4, 0.5) is 17.1 Å². The van der Waals surface area contributed by atoms with E-state index in [-0.39, 0.29) is 11.3 Å². The Morgan fingerprint density at radius 1 is 1.30 bits per heavy atom. The Labute approximate surface area is 139 Å². The zero-order chi connectivity index (χ0) is 17.1. The molecule has 9 nitrogen and oxygen atoms in total. The van der Waals surface area contributed by atoms with Gasteiger partial charge in [-0.3, -0.25) is 20.2 Å². The highest BCUT2D eigenvalue weighted by molar-refractivity contribution is 7.99. The van der Waals surface area contributed by atoms with Crippen LogP contribution in [0.5, 0.6) is 0 Å². The predicted molar refractivity (Wildman–Crippen MR) is 85.6 cm³/mol. The van der Waals surface area contributed by atoms with Gasteiger partial charge in [-0.25, -0.2) is 4.79 Å². The fourth-order valence-electron chi connectivity index (χ4n) is 2.29. The third-order valence-electron chi connectivity index (χ3n) is 3.31. The van der Waals surface area contributed by atoms with Crippen molar-refractivity contribution >= 4 is 46.4 Å². The van der Waals surface area contributed by atoms with Crippen molar-refractivity contribution in [3.05, 3.63) is 36.9 Å². The number of nitro benzene ring substituents is 2. The Bertz CT molecular complexity index is 677. The van der Waals surface area contributed by atoms with Gasteiger partial charge in [0, 0.05) is 30.7 Å². The first kappa shape index (κ1) is 17.3.